The Morgan fingerprint density at radius 3 is 2.17 bits per heavy atom. The van der Waals surface area contributed by atoms with Crippen molar-refractivity contribution in [2.24, 2.45) is 0 Å². The molecule has 64 valence electrons. The molecule has 0 fully saturated rings. The van der Waals surface area contributed by atoms with E-state index in [1.54, 1.807) is 0 Å². The maximum atomic E-state index is 3.85. The lowest BCUT2D eigenvalue weighted by Gasteiger charge is -1.67. The van der Waals surface area contributed by atoms with Gasteiger partial charge < -0.3 is 4.98 Å². The summed E-state index contributed by atoms with van der Waals surface area (Å²) in [5, 5.41) is 6.77. The van der Waals surface area contributed by atoms with Crippen LogP contribution in [0.3, 0.4) is 0 Å². The van der Waals surface area contributed by atoms with Crippen molar-refractivity contribution in [1.29, 1.82) is 0 Å². The number of aryl methyl sites for hydroxylation is 1. The summed E-state index contributed by atoms with van der Waals surface area (Å²) >= 11 is 3.85. The zero-order valence-corrected chi connectivity index (χ0v) is 7.55. The van der Waals surface area contributed by atoms with Gasteiger partial charge in [0.05, 0.1) is 0 Å². The van der Waals surface area contributed by atoms with Gasteiger partial charge in [-0.15, -0.1) is 17.7 Å². The van der Waals surface area contributed by atoms with Crippen molar-refractivity contribution in [3.05, 3.63) is 30.4 Å². The summed E-state index contributed by atoms with van der Waals surface area (Å²) in [7, 11) is 0. The number of H-pyrrole nitrogens is 2. The highest BCUT2D eigenvalue weighted by Crippen LogP contribution is 1.92. The monoisotopic (exact) mass is 182 g/mol. The van der Waals surface area contributed by atoms with Crippen molar-refractivity contribution >= 4 is 12.6 Å². The van der Waals surface area contributed by atoms with Crippen LogP contribution in [0.1, 0.15) is 5.82 Å². The van der Waals surface area contributed by atoms with Gasteiger partial charge in [0, 0.05) is 12.4 Å². The van der Waals surface area contributed by atoms with Crippen molar-refractivity contribution in [1.82, 2.24) is 20.2 Å². The largest absolute Gasteiger partial charge is 0.368 e. The number of thiol groups is 1. The highest BCUT2D eigenvalue weighted by molar-refractivity contribution is 7.80. The molecule has 5 heteroatoms. The molecule has 4 nitrogen and oxygen atoms in total. The van der Waals surface area contributed by atoms with Crippen LogP contribution in [0.25, 0.3) is 0 Å². The van der Waals surface area contributed by atoms with Gasteiger partial charge in [-0.05, 0) is 19.1 Å². The van der Waals surface area contributed by atoms with E-state index in [2.05, 4.69) is 32.8 Å². The minimum absolute atomic E-state index is 0.498. The molecule has 12 heavy (non-hydrogen) atoms. The fourth-order valence-electron chi connectivity index (χ4n) is 0.609. The van der Waals surface area contributed by atoms with Gasteiger partial charge in [-0.1, -0.05) is 0 Å². The smallest absolute Gasteiger partial charge is 0.205 e. The van der Waals surface area contributed by atoms with E-state index in [-0.39, 0.29) is 0 Å². The number of aromatic nitrogens is 4. The average Bonchev–Trinajstić information content (AvgIpc) is 2.63. The predicted molar refractivity (Wildman–Crippen MR) is 49.2 cm³/mol. The van der Waals surface area contributed by atoms with Gasteiger partial charge in [-0.3, -0.25) is 5.10 Å². The number of nitrogens with one attached hydrogen (secondary N) is 2. The van der Waals surface area contributed by atoms with Crippen LogP contribution in [-0.4, -0.2) is 20.2 Å². The predicted octanol–water partition coefficient (Wildman–Crippen LogP) is 1.42. The number of hydrogen-bond acceptors (Lipinski definition) is 3. The topological polar surface area (TPSA) is 57.4 Å². The van der Waals surface area contributed by atoms with Gasteiger partial charge in [0.2, 0.25) is 5.16 Å². The highest BCUT2D eigenvalue weighted by Gasteiger charge is 1.87. The number of hydrogen-bond donors (Lipinski definition) is 3. The summed E-state index contributed by atoms with van der Waals surface area (Å²) in [5.74, 6) is 0.796. The van der Waals surface area contributed by atoms with E-state index in [4.69, 9.17) is 0 Å². The van der Waals surface area contributed by atoms with E-state index in [9.17, 15) is 0 Å². The lowest BCUT2D eigenvalue weighted by molar-refractivity contribution is 0.975. The van der Waals surface area contributed by atoms with Crippen LogP contribution >= 0.6 is 12.6 Å². The van der Waals surface area contributed by atoms with Crippen LogP contribution in [0, 0.1) is 6.92 Å². The Bertz CT molecular complexity index is 267. The molecule has 0 bridgehead atoms. The second-order valence-electron chi connectivity index (χ2n) is 2.11. The van der Waals surface area contributed by atoms with Gasteiger partial charge in [0.25, 0.3) is 0 Å². The Morgan fingerprint density at radius 2 is 2.00 bits per heavy atom. The van der Waals surface area contributed by atoms with Crippen LogP contribution in [0.15, 0.2) is 29.7 Å². The zero-order valence-electron chi connectivity index (χ0n) is 6.65. The number of rotatable bonds is 0. The third-order valence-corrected chi connectivity index (χ3v) is 1.28. The molecule has 0 atom stereocenters. The molecule has 2 aromatic rings. The van der Waals surface area contributed by atoms with Crippen molar-refractivity contribution in [3.63, 3.8) is 0 Å². The normalized spacial score (nSPS) is 8.83. The summed E-state index contributed by atoms with van der Waals surface area (Å²) in [6.07, 6.45) is 3.75. The summed E-state index contributed by atoms with van der Waals surface area (Å²) in [5.41, 5.74) is 0. The minimum Gasteiger partial charge on any atom is -0.368 e. The Balaban J connectivity index is 0.000000127. The SMILES string of the molecule is Cc1nc(S)n[nH]1.c1cc[nH]c1. The quantitative estimate of drug-likeness (QED) is 0.540. The molecule has 0 aliphatic carbocycles. The second kappa shape index (κ2) is 4.61. The van der Waals surface area contributed by atoms with E-state index in [1.165, 1.54) is 0 Å². The molecule has 0 saturated carbocycles. The third-order valence-electron chi connectivity index (χ3n) is 1.08. The molecule has 0 amide bonds. The molecular formula is C7H10N4S. The maximum Gasteiger partial charge on any atom is 0.205 e. The van der Waals surface area contributed by atoms with Gasteiger partial charge >= 0.3 is 0 Å². The summed E-state index contributed by atoms with van der Waals surface area (Å²) < 4.78 is 0. The molecule has 2 N–H and O–H groups in total. The molecule has 2 heterocycles. The first-order chi connectivity index (χ1) is 5.79. The first kappa shape index (κ1) is 8.86. The van der Waals surface area contributed by atoms with Crippen molar-refractivity contribution in [2.45, 2.75) is 12.1 Å². The standard InChI is InChI=1S/C4H5N.C3H5N3S/c1-2-4-5-3-1;1-2-4-3(7)6-5-2/h1-5H;1H3,(H2,4,5,6,7). The van der Waals surface area contributed by atoms with Crippen molar-refractivity contribution < 1.29 is 0 Å². The van der Waals surface area contributed by atoms with E-state index in [0.29, 0.717) is 5.16 Å². The van der Waals surface area contributed by atoms with Crippen LogP contribution < -0.4 is 0 Å². The van der Waals surface area contributed by atoms with E-state index >= 15 is 0 Å². The summed E-state index contributed by atoms with van der Waals surface area (Å²) in [6, 6.07) is 3.89. The zero-order chi connectivity index (χ0) is 8.81. The Kier molecular flexibility index (Phi) is 3.40. The fourth-order valence-corrected chi connectivity index (χ4v) is 0.809. The number of aromatic amines is 2. The highest BCUT2D eigenvalue weighted by atomic mass is 32.1. The number of nitrogens with zero attached hydrogens (tertiary/aromatic N) is 2. The lowest BCUT2D eigenvalue weighted by Crippen LogP contribution is -1.69. The van der Waals surface area contributed by atoms with Crippen molar-refractivity contribution in [3.8, 4) is 0 Å². The molecular weight excluding hydrogens is 172 g/mol. The van der Waals surface area contributed by atoms with Crippen LogP contribution in [-0.2, 0) is 0 Å². The molecule has 0 aliphatic heterocycles. The molecule has 0 aliphatic rings. The van der Waals surface area contributed by atoms with Crippen LogP contribution in [0.2, 0.25) is 0 Å². The van der Waals surface area contributed by atoms with Crippen LogP contribution in [0.4, 0.5) is 0 Å². The summed E-state index contributed by atoms with van der Waals surface area (Å²) in [4.78, 5) is 6.67. The van der Waals surface area contributed by atoms with E-state index < -0.39 is 0 Å². The summed E-state index contributed by atoms with van der Waals surface area (Å²) in [6.45, 7) is 1.83. The Labute approximate surface area is 75.8 Å². The van der Waals surface area contributed by atoms with E-state index in [0.717, 1.165) is 5.82 Å². The third kappa shape index (κ3) is 3.25. The molecule has 0 saturated heterocycles. The Morgan fingerprint density at radius 1 is 1.33 bits per heavy atom. The minimum atomic E-state index is 0.498. The van der Waals surface area contributed by atoms with Crippen LogP contribution in [0.5, 0.6) is 0 Å². The fraction of sp³-hybridized carbons (Fsp3) is 0.143. The first-order valence-electron chi connectivity index (χ1n) is 3.45. The molecule has 2 aromatic heterocycles. The average molecular weight is 182 g/mol. The second-order valence-corrected chi connectivity index (χ2v) is 2.51. The van der Waals surface area contributed by atoms with Gasteiger partial charge in [0.1, 0.15) is 5.82 Å². The van der Waals surface area contributed by atoms with E-state index in [1.807, 2.05) is 31.5 Å². The lowest BCUT2D eigenvalue weighted by atomic mass is 10.7. The molecule has 0 aromatic carbocycles. The maximum absolute atomic E-state index is 3.85. The molecule has 2 rings (SSSR count). The first-order valence-corrected chi connectivity index (χ1v) is 3.89. The molecule has 0 spiro atoms. The van der Waals surface area contributed by atoms with Gasteiger partial charge in [0.15, 0.2) is 0 Å². The Hall–Kier alpha value is -1.23. The molecule has 0 radical (unpaired) electrons. The van der Waals surface area contributed by atoms with Crippen molar-refractivity contribution in [2.75, 3.05) is 0 Å². The van der Waals surface area contributed by atoms with Gasteiger partial charge in [-0.2, -0.15) is 0 Å². The molecule has 0 unspecified atom stereocenters. The van der Waals surface area contributed by atoms with Gasteiger partial charge in [-0.25, -0.2) is 4.98 Å².